The third-order valence-corrected chi connectivity index (χ3v) is 3.22. The number of hydrogen-bond acceptors (Lipinski definition) is 5. The Bertz CT molecular complexity index is 496. The molecule has 0 saturated carbocycles. The van der Waals surface area contributed by atoms with Crippen LogP contribution in [0.15, 0.2) is 29.0 Å². The van der Waals surface area contributed by atoms with Gasteiger partial charge in [-0.25, -0.2) is 0 Å². The number of aryl methyl sites for hydroxylation is 1. The van der Waals surface area contributed by atoms with Crippen molar-refractivity contribution < 1.29 is 4.52 Å². The van der Waals surface area contributed by atoms with E-state index in [1.54, 1.807) is 0 Å². The summed E-state index contributed by atoms with van der Waals surface area (Å²) in [7, 11) is 0. The molecular weight excluding hydrogens is 216 g/mol. The van der Waals surface area contributed by atoms with Crippen LogP contribution in [0.1, 0.15) is 29.1 Å². The smallest absolute Gasteiger partial charge is 0.223 e. The lowest BCUT2D eigenvalue weighted by molar-refractivity contribution is 0.382. The molecule has 0 amide bonds. The van der Waals surface area contributed by atoms with E-state index in [-0.39, 0.29) is 5.92 Å². The third kappa shape index (κ3) is 1.93. The van der Waals surface area contributed by atoms with Crippen LogP contribution < -0.4 is 5.32 Å². The molecule has 2 aromatic heterocycles. The molecule has 0 bridgehead atoms. The lowest BCUT2D eigenvalue weighted by Crippen LogP contribution is -2.10. The number of nitrogens with zero attached hydrogens (tertiary/aromatic N) is 3. The first kappa shape index (κ1) is 10.4. The molecule has 5 nitrogen and oxygen atoms in total. The van der Waals surface area contributed by atoms with E-state index >= 15 is 0 Å². The lowest BCUT2D eigenvalue weighted by Gasteiger charge is -2.15. The summed E-state index contributed by atoms with van der Waals surface area (Å²) >= 11 is 0. The molecule has 0 unspecified atom stereocenters. The molecule has 0 aliphatic carbocycles. The van der Waals surface area contributed by atoms with E-state index in [2.05, 4.69) is 32.6 Å². The van der Waals surface area contributed by atoms with Crippen molar-refractivity contribution in [1.82, 2.24) is 20.4 Å². The summed E-state index contributed by atoms with van der Waals surface area (Å²) in [6.07, 6.45) is 3.65. The minimum absolute atomic E-state index is 0.287. The van der Waals surface area contributed by atoms with Crippen molar-refractivity contribution in [2.45, 2.75) is 18.8 Å². The zero-order valence-electron chi connectivity index (χ0n) is 9.63. The van der Waals surface area contributed by atoms with Gasteiger partial charge in [-0.05, 0) is 17.7 Å². The summed E-state index contributed by atoms with van der Waals surface area (Å²) in [6.45, 7) is 3.66. The van der Waals surface area contributed by atoms with E-state index in [1.807, 2.05) is 19.3 Å². The van der Waals surface area contributed by atoms with Crippen molar-refractivity contribution in [2.75, 3.05) is 13.1 Å². The highest BCUT2D eigenvalue weighted by Gasteiger charge is 2.32. The molecular formula is C12H14N4O. The zero-order chi connectivity index (χ0) is 11.7. The van der Waals surface area contributed by atoms with Gasteiger partial charge in [-0.2, -0.15) is 4.98 Å². The van der Waals surface area contributed by atoms with Gasteiger partial charge in [-0.1, -0.05) is 5.16 Å². The van der Waals surface area contributed by atoms with Crippen LogP contribution in [0, 0.1) is 6.92 Å². The molecule has 1 aliphatic heterocycles. The molecule has 2 aromatic rings. The Morgan fingerprint density at radius 3 is 2.71 bits per heavy atom. The Morgan fingerprint density at radius 2 is 2.00 bits per heavy atom. The van der Waals surface area contributed by atoms with Gasteiger partial charge in [-0.3, -0.25) is 4.98 Å². The monoisotopic (exact) mass is 230 g/mol. The summed E-state index contributed by atoms with van der Waals surface area (Å²) in [5.41, 5.74) is 1.28. The van der Waals surface area contributed by atoms with Crippen LogP contribution in [0.3, 0.4) is 0 Å². The number of hydrogen-bond donors (Lipinski definition) is 1. The maximum atomic E-state index is 5.06. The first-order chi connectivity index (χ1) is 8.34. The Kier molecular flexibility index (Phi) is 2.60. The molecule has 88 valence electrons. The van der Waals surface area contributed by atoms with Gasteiger partial charge < -0.3 is 9.84 Å². The summed E-state index contributed by atoms with van der Waals surface area (Å²) in [6, 6.07) is 4.11. The van der Waals surface area contributed by atoms with Gasteiger partial charge in [0, 0.05) is 44.2 Å². The number of nitrogens with one attached hydrogen (secondary N) is 1. The summed E-state index contributed by atoms with van der Waals surface area (Å²) < 4.78 is 5.06. The maximum absolute atomic E-state index is 5.06. The number of rotatable bonds is 2. The molecule has 3 rings (SSSR count). The maximum Gasteiger partial charge on any atom is 0.223 e. The van der Waals surface area contributed by atoms with Crippen LogP contribution in [0.25, 0.3) is 0 Å². The van der Waals surface area contributed by atoms with E-state index in [4.69, 9.17) is 4.52 Å². The first-order valence-corrected chi connectivity index (χ1v) is 5.75. The van der Waals surface area contributed by atoms with Gasteiger partial charge in [0.05, 0.1) is 0 Å². The molecule has 3 heterocycles. The highest BCUT2D eigenvalue weighted by atomic mass is 16.5. The van der Waals surface area contributed by atoms with Crippen molar-refractivity contribution >= 4 is 0 Å². The van der Waals surface area contributed by atoms with Gasteiger partial charge in [0.25, 0.3) is 0 Å². The normalized spacial score (nSPS) is 24.1. The summed E-state index contributed by atoms with van der Waals surface area (Å²) in [5, 5.41) is 7.42. The van der Waals surface area contributed by atoms with E-state index in [0.29, 0.717) is 11.8 Å². The topological polar surface area (TPSA) is 63.8 Å². The molecule has 1 saturated heterocycles. The van der Waals surface area contributed by atoms with E-state index in [9.17, 15) is 0 Å². The number of pyridine rings is 1. The second kappa shape index (κ2) is 4.25. The average Bonchev–Trinajstić information content (AvgIpc) is 2.98. The van der Waals surface area contributed by atoms with Crippen LogP contribution in [0.4, 0.5) is 0 Å². The van der Waals surface area contributed by atoms with Crippen LogP contribution in [0.2, 0.25) is 0 Å². The quantitative estimate of drug-likeness (QED) is 0.841. The molecule has 2 atom stereocenters. The van der Waals surface area contributed by atoms with Gasteiger partial charge in [0.2, 0.25) is 5.89 Å². The first-order valence-electron chi connectivity index (χ1n) is 5.75. The Labute approximate surface area is 99.3 Å². The fourth-order valence-corrected chi connectivity index (χ4v) is 2.38. The second-order valence-corrected chi connectivity index (χ2v) is 4.32. The van der Waals surface area contributed by atoms with Crippen LogP contribution in [-0.4, -0.2) is 28.2 Å². The number of aromatic nitrogens is 3. The fourth-order valence-electron chi connectivity index (χ4n) is 2.38. The zero-order valence-corrected chi connectivity index (χ0v) is 9.63. The molecule has 5 heteroatoms. The highest BCUT2D eigenvalue weighted by molar-refractivity contribution is 5.23. The molecule has 0 spiro atoms. The van der Waals surface area contributed by atoms with Gasteiger partial charge in [0.1, 0.15) is 0 Å². The van der Waals surface area contributed by atoms with E-state index in [1.165, 1.54) is 5.56 Å². The van der Waals surface area contributed by atoms with Crippen molar-refractivity contribution in [3.8, 4) is 0 Å². The lowest BCUT2D eigenvalue weighted by atomic mass is 9.89. The molecule has 1 N–H and O–H groups in total. The SMILES string of the molecule is Cc1nc([C@@H]2CNC[C@H]2c2ccncc2)no1. The highest BCUT2D eigenvalue weighted by Crippen LogP contribution is 2.33. The van der Waals surface area contributed by atoms with E-state index < -0.39 is 0 Å². The Balaban J connectivity index is 1.90. The van der Waals surface area contributed by atoms with Gasteiger partial charge >= 0.3 is 0 Å². The van der Waals surface area contributed by atoms with Crippen molar-refractivity contribution in [3.63, 3.8) is 0 Å². The Morgan fingerprint density at radius 1 is 1.24 bits per heavy atom. The predicted molar refractivity (Wildman–Crippen MR) is 61.6 cm³/mol. The minimum atomic E-state index is 0.287. The summed E-state index contributed by atoms with van der Waals surface area (Å²) in [5.74, 6) is 2.11. The van der Waals surface area contributed by atoms with Crippen molar-refractivity contribution in [3.05, 3.63) is 41.8 Å². The van der Waals surface area contributed by atoms with Crippen molar-refractivity contribution in [1.29, 1.82) is 0 Å². The third-order valence-electron chi connectivity index (χ3n) is 3.22. The molecule has 17 heavy (non-hydrogen) atoms. The summed E-state index contributed by atoms with van der Waals surface area (Å²) in [4.78, 5) is 8.38. The molecule has 0 aromatic carbocycles. The minimum Gasteiger partial charge on any atom is -0.340 e. The average molecular weight is 230 g/mol. The van der Waals surface area contributed by atoms with Crippen LogP contribution in [-0.2, 0) is 0 Å². The van der Waals surface area contributed by atoms with Crippen molar-refractivity contribution in [2.24, 2.45) is 0 Å². The molecule has 0 radical (unpaired) electrons. The standard InChI is InChI=1S/C12H14N4O/c1-8-15-12(16-17-8)11-7-14-6-10(11)9-2-4-13-5-3-9/h2-5,10-11,14H,6-7H2,1H3/t10-,11+/m0/s1. The molecule has 1 aliphatic rings. The van der Waals surface area contributed by atoms with Gasteiger partial charge in [0.15, 0.2) is 5.82 Å². The fraction of sp³-hybridized carbons (Fsp3) is 0.417. The second-order valence-electron chi connectivity index (χ2n) is 4.32. The van der Waals surface area contributed by atoms with Crippen LogP contribution >= 0.6 is 0 Å². The van der Waals surface area contributed by atoms with Gasteiger partial charge in [-0.15, -0.1) is 0 Å². The Hall–Kier alpha value is -1.75. The van der Waals surface area contributed by atoms with E-state index in [0.717, 1.165) is 18.9 Å². The van der Waals surface area contributed by atoms with Crippen LogP contribution in [0.5, 0.6) is 0 Å². The molecule has 1 fully saturated rings. The largest absolute Gasteiger partial charge is 0.340 e. The predicted octanol–water partition coefficient (Wildman–Crippen LogP) is 1.24.